The van der Waals surface area contributed by atoms with Crippen LogP contribution >= 0.6 is 27.5 Å². The highest BCUT2D eigenvalue weighted by Crippen LogP contribution is 2.26. The Morgan fingerprint density at radius 3 is 2.84 bits per heavy atom. The van der Waals surface area contributed by atoms with Crippen molar-refractivity contribution in [1.82, 2.24) is 4.98 Å². The van der Waals surface area contributed by atoms with Gasteiger partial charge in [-0.25, -0.2) is 10.8 Å². The number of nitrogens with zero attached hydrogens (tertiary/aromatic N) is 1. The Balaban J connectivity index is 2.26. The molecule has 0 atom stereocenters. The van der Waals surface area contributed by atoms with Crippen LogP contribution in [-0.2, 0) is 0 Å². The summed E-state index contributed by atoms with van der Waals surface area (Å²) in [4.78, 5) is 16.1. The molecule has 7 heteroatoms. The van der Waals surface area contributed by atoms with E-state index in [1.807, 2.05) is 0 Å². The molecule has 0 radical (unpaired) electrons. The van der Waals surface area contributed by atoms with Crippen molar-refractivity contribution in [3.8, 4) is 0 Å². The fourth-order valence-electron chi connectivity index (χ4n) is 1.48. The van der Waals surface area contributed by atoms with E-state index in [-0.39, 0.29) is 5.91 Å². The topological polar surface area (TPSA) is 80.0 Å². The van der Waals surface area contributed by atoms with Crippen LogP contribution in [0.3, 0.4) is 0 Å². The van der Waals surface area contributed by atoms with Crippen LogP contribution < -0.4 is 16.6 Å². The number of pyridine rings is 1. The number of nitrogens with two attached hydrogens (primary N) is 1. The predicted molar refractivity (Wildman–Crippen MR) is 79.2 cm³/mol. The molecule has 4 N–H and O–H groups in total. The van der Waals surface area contributed by atoms with E-state index in [4.69, 9.17) is 17.4 Å². The second-order valence-electron chi connectivity index (χ2n) is 3.62. The van der Waals surface area contributed by atoms with Gasteiger partial charge in [-0.3, -0.25) is 4.79 Å². The minimum atomic E-state index is -0.342. The lowest BCUT2D eigenvalue weighted by atomic mass is 10.2. The van der Waals surface area contributed by atoms with Crippen LogP contribution in [0.2, 0.25) is 5.02 Å². The molecule has 0 saturated carbocycles. The van der Waals surface area contributed by atoms with Gasteiger partial charge in [0.1, 0.15) is 0 Å². The average molecular weight is 342 g/mol. The number of anilines is 2. The van der Waals surface area contributed by atoms with Crippen molar-refractivity contribution in [2.75, 3.05) is 10.7 Å². The zero-order chi connectivity index (χ0) is 13.8. The molecule has 2 rings (SSSR count). The summed E-state index contributed by atoms with van der Waals surface area (Å²) in [6.45, 7) is 0. The third-order valence-corrected chi connectivity index (χ3v) is 3.17. The molecule has 1 heterocycles. The van der Waals surface area contributed by atoms with E-state index in [2.05, 4.69) is 31.7 Å². The Morgan fingerprint density at radius 2 is 2.16 bits per heavy atom. The van der Waals surface area contributed by atoms with Gasteiger partial charge in [-0.05, 0) is 30.3 Å². The molecule has 98 valence electrons. The van der Waals surface area contributed by atoms with Crippen LogP contribution in [0.4, 0.5) is 11.5 Å². The standard InChI is InChI=1S/C12H10BrClN4O/c13-7-3-4-10(9(14)6-7)17-12(19)8-2-1-5-16-11(8)18-15/h1-6H,15H2,(H,16,18)(H,17,19). The van der Waals surface area contributed by atoms with Crippen molar-refractivity contribution in [2.45, 2.75) is 0 Å². The van der Waals surface area contributed by atoms with Gasteiger partial charge in [0.25, 0.3) is 5.91 Å². The summed E-state index contributed by atoms with van der Waals surface area (Å²) >= 11 is 9.33. The third-order valence-electron chi connectivity index (χ3n) is 2.37. The molecule has 0 bridgehead atoms. The molecule has 0 unspecified atom stereocenters. The van der Waals surface area contributed by atoms with E-state index in [1.54, 1.807) is 36.5 Å². The fourth-order valence-corrected chi connectivity index (χ4v) is 2.20. The van der Waals surface area contributed by atoms with E-state index >= 15 is 0 Å². The highest BCUT2D eigenvalue weighted by Gasteiger charge is 2.13. The maximum atomic E-state index is 12.1. The highest BCUT2D eigenvalue weighted by molar-refractivity contribution is 9.10. The van der Waals surface area contributed by atoms with Gasteiger partial charge >= 0.3 is 0 Å². The second-order valence-corrected chi connectivity index (χ2v) is 4.95. The Hall–Kier alpha value is -1.63. The zero-order valence-electron chi connectivity index (χ0n) is 9.65. The summed E-state index contributed by atoms with van der Waals surface area (Å²) < 4.78 is 0.834. The van der Waals surface area contributed by atoms with Crippen molar-refractivity contribution in [2.24, 2.45) is 5.84 Å². The summed E-state index contributed by atoms with van der Waals surface area (Å²) in [5.74, 6) is 5.26. The smallest absolute Gasteiger partial charge is 0.259 e. The van der Waals surface area contributed by atoms with Crippen molar-refractivity contribution < 1.29 is 4.79 Å². The molecule has 1 aromatic carbocycles. The van der Waals surface area contributed by atoms with Gasteiger partial charge in [0.15, 0.2) is 5.82 Å². The Bertz CT molecular complexity index is 620. The molecule has 19 heavy (non-hydrogen) atoms. The number of hydrogen-bond acceptors (Lipinski definition) is 4. The van der Waals surface area contributed by atoms with E-state index < -0.39 is 0 Å². The Labute approximate surface area is 123 Å². The largest absolute Gasteiger partial charge is 0.321 e. The molecule has 0 saturated heterocycles. The van der Waals surface area contributed by atoms with Gasteiger partial charge in [0.05, 0.1) is 16.3 Å². The first-order chi connectivity index (χ1) is 9.11. The van der Waals surface area contributed by atoms with E-state index in [0.717, 1.165) is 4.47 Å². The predicted octanol–water partition coefficient (Wildman–Crippen LogP) is 3.04. The maximum Gasteiger partial charge on any atom is 0.259 e. The van der Waals surface area contributed by atoms with E-state index in [1.165, 1.54) is 0 Å². The van der Waals surface area contributed by atoms with E-state index in [9.17, 15) is 4.79 Å². The van der Waals surface area contributed by atoms with Gasteiger partial charge in [-0.2, -0.15) is 0 Å². The van der Waals surface area contributed by atoms with Crippen LogP contribution in [-0.4, -0.2) is 10.9 Å². The van der Waals surface area contributed by atoms with Crippen molar-refractivity contribution in [3.05, 3.63) is 51.6 Å². The Kier molecular flexibility index (Phi) is 4.36. The minimum Gasteiger partial charge on any atom is -0.321 e. The molecular weight excluding hydrogens is 332 g/mol. The average Bonchev–Trinajstić information content (AvgIpc) is 2.41. The monoisotopic (exact) mass is 340 g/mol. The van der Waals surface area contributed by atoms with E-state index in [0.29, 0.717) is 22.1 Å². The highest BCUT2D eigenvalue weighted by atomic mass is 79.9. The summed E-state index contributed by atoms with van der Waals surface area (Å²) in [5.41, 5.74) is 3.23. The summed E-state index contributed by atoms with van der Waals surface area (Å²) in [7, 11) is 0. The quantitative estimate of drug-likeness (QED) is 0.592. The summed E-state index contributed by atoms with van der Waals surface area (Å²) in [6.07, 6.45) is 1.54. The first-order valence-electron chi connectivity index (χ1n) is 5.30. The van der Waals surface area contributed by atoms with Crippen molar-refractivity contribution in [1.29, 1.82) is 0 Å². The van der Waals surface area contributed by atoms with Crippen LogP contribution in [0.25, 0.3) is 0 Å². The molecular formula is C12H10BrClN4O. The normalized spacial score (nSPS) is 10.1. The van der Waals surface area contributed by atoms with Gasteiger partial charge in [0, 0.05) is 10.7 Å². The van der Waals surface area contributed by atoms with Crippen LogP contribution in [0, 0.1) is 0 Å². The lowest BCUT2D eigenvalue weighted by molar-refractivity contribution is 0.102. The molecule has 0 spiro atoms. The number of carbonyl (C=O) groups excluding carboxylic acids is 1. The zero-order valence-corrected chi connectivity index (χ0v) is 12.0. The van der Waals surface area contributed by atoms with Gasteiger partial charge < -0.3 is 10.7 Å². The fraction of sp³-hybridized carbons (Fsp3) is 0. The number of rotatable bonds is 3. The SMILES string of the molecule is NNc1ncccc1C(=O)Nc1ccc(Br)cc1Cl. The first kappa shape index (κ1) is 13.8. The molecule has 0 aliphatic rings. The lowest BCUT2D eigenvalue weighted by Gasteiger charge is -2.10. The van der Waals surface area contributed by atoms with Crippen LogP contribution in [0.1, 0.15) is 10.4 Å². The Morgan fingerprint density at radius 1 is 1.37 bits per heavy atom. The number of aromatic nitrogens is 1. The number of nitrogen functional groups attached to an aromatic ring is 1. The minimum absolute atomic E-state index is 0.299. The molecule has 1 aromatic heterocycles. The van der Waals surface area contributed by atoms with Crippen LogP contribution in [0.15, 0.2) is 41.0 Å². The van der Waals surface area contributed by atoms with Gasteiger partial charge in [-0.15, -0.1) is 0 Å². The lowest BCUT2D eigenvalue weighted by Crippen LogP contribution is -2.18. The van der Waals surface area contributed by atoms with Gasteiger partial charge in [-0.1, -0.05) is 27.5 Å². The summed E-state index contributed by atoms with van der Waals surface area (Å²) in [5, 5.41) is 3.14. The van der Waals surface area contributed by atoms with Crippen molar-refractivity contribution in [3.63, 3.8) is 0 Å². The maximum absolute atomic E-state index is 12.1. The number of benzene rings is 1. The molecule has 2 aromatic rings. The number of carbonyl (C=O) groups is 1. The first-order valence-corrected chi connectivity index (χ1v) is 6.47. The third kappa shape index (κ3) is 3.23. The summed E-state index contributed by atoms with van der Waals surface area (Å²) in [6, 6.07) is 8.45. The number of hydrogen-bond donors (Lipinski definition) is 3. The molecule has 0 aliphatic carbocycles. The number of amides is 1. The molecule has 0 fully saturated rings. The number of nitrogens with one attached hydrogen (secondary N) is 2. The van der Waals surface area contributed by atoms with Gasteiger partial charge in [0.2, 0.25) is 0 Å². The second kappa shape index (κ2) is 6.01. The molecule has 5 nitrogen and oxygen atoms in total. The molecule has 1 amide bonds. The van der Waals surface area contributed by atoms with Crippen LogP contribution in [0.5, 0.6) is 0 Å². The number of halogens is 2. The van der Waals surface area contributed by atoms with Crippen molar-refractivity contribution >= 4 is 44.9 Å². The number of hydrazine groups is 1. The molecule has 0 aliphatic heterocycles.